The highest BCUT2D eigenvalue weighted by Gasteiger charge is 2.10. The van der Waals surface area contributed by atoms with E-state index in [1.165, 1.54) is 7.05 Å². The number of nitrogens with zero attached hydrogens (tertiary/aromatic N) is 1. The standard InChI is InChI=1S/C11H8N2O2S/c1-13-10(14)8-6-4-2-3-5-7(6)12-9(8)16-11(13)15/h2-5,12H,1H3/i2D,3D,4D,5D. The number of para-hydroxylation sites is 1. The summed E-state index contributed by atoms with van der Waals surface area (Å²) in [6.07, 6.45) is 0. The summed E-state index contributed by atoms with van der Waals surface area (Å²) in [4.78, 5) is 26.4. The minimum absolute atomic E-state index is 0.124. The molecule has 3 rings (SSSR count). The Labute approximate surface area is 99.4 Å². The van der Waals surface area contributed by atoms with Gasteiger partial charge in [0.2, 0.25) is 0 Å². The van der Waals surface area contributed by atoms with Gasteiger partial charge in [0.15, 0.2) is 0 Å². The number of hydrogen-bond donors (Lipinski definition) is 1. The molecule has 5 heteroatoms. The molecule has 3 aromatic rings. The SMILES string of the molecule is [2H]c1c([2H])c([2H])c2c([nH]c3sc(=O)n(C)c(=O)c32)c1[2H]. The van der Waals surface area contributed by atoms with Crippen molar-refractivity contribution >= 4 is 32.5 Å². The monoisotopic (exact) mass is 236 g/mol. The predicted molar refractivity (Wildman–Crippen MR) is 65.2 cm³/mol. The Hall–Kier alpha value is -1.88. The van der Waals surface area contributed by atoms with Crippen LogP contribution < -0.4 is 10.4 Å². The fourth-order valence-corrected chi connectivity index (χ4v) is 2.41. The van der Waals surface area contributed by atoms with Crippen molar-refractivity contribution in [2.24, 2.45) is 7.05 Å². The second-order valence-corrected chi connectivity index (χ2v) is 4.27. The van der Waals surface area contributed by atoms with E-state index in [9.17, 15) is 9.59 Å². The Morgan fingerprint density at radius 2 is 2.12 bits per heavy atom. The lowest BCUT2D eigenvalue weighted by Gasteiger charge is -1.93. The van der Waals surface area contributed by atoms with Gasteiger partial charge >= 0.3 is 4.87 Å². The molecule has 2 heterocycles. The van der Waals surface area contributed by atoms with Crippen molar-refractivity contribution in [3.8, 4) is 0 Å². The van der Waals surface area contributed by atoms with Crippen molar-refractivity contribution < 1.29 is 5.48 Å². The molecule has 0 atom stereocenters. The van der Waals surface area contributed by atoms with E-state index >= 15 is 0 Å². The van der Waals surface area contributed by atoms with Crippen LogP contribution in [0.25, 0.3) is 21.1 Å². The summed E-state index contributed by atoms with van der Waals surface area (Å²) in [5.74, 6) is 0. The number of nitrogens with one attached hydrogen (secondary N) is 1. The molecule has 2 aromatic heterocycles. The van der Waals surface area contributed by atoms with Crippen LogP contribution in [0.2, 0.25) is 0 Å². The van der Waals surface area contributed by atoms with Gasteiger partial charge in [0.1, 0.15) is 4.83 Å². The first kappa shape index (κ1) is 6.00. The minimum atomic E-state index is -0.569. The normalized spacial score (nSPS) is 14.8. The minimum Gasteiger partial charge on any atom is -0.346 e. The molecule has 16 heavy (non-hydrogen) atoms. The third-order valence-corrected chi connectivity index (χ3v) is 3.34. The van der Waals surface area contributed by atoms with Gasteiger partial charge in [-0.05, 0) is 6.04 Å². The number of aromatic amines is 1. The molecule has 0 saturated heterocycles. The van der Waals surface area contributed by atoms with Crippen molar-refractivity contribution in [3.63, 3.8) is 0 Å². The van der Waals surface area contributed by atoms with E-state index < -0.39 is 16.5 Å². The van der Waals surface area contributed by atoms with Gasteiger partial charge in [-0.2, -0.15) is 0 Å². The third-order valence-electron chi connectivity index (χ3n) is 2.38. The van der Waals surface area contributed by atoms with Gasteiger partial charge < -0.3 is 4.98 Å². The lowest BCUT2D eigenvalue weighted by Crippen LogP contribution is -2.27. The molecule has 1 aromatic carbocycles. The van der Waals surface area contributed by atoms with E-state index in [-0.39, 0.29) is 39.2 Å². The molecule has 0 aliphatic heterocycles. The highest BCUT2D eigenvalue weighted by Crippen LogP contribution is 2.22. The maximum Gasteiger partial charge on any atom is 0.311 e. The largest absolute Gasteiger partial charge is 0.346 e. The average Bonchev–Trinajstić information content (AvgIpc) is 2.79. The lowest BCUT2D eigenvalue weighted by atomic mass is 10.2. The molecule has 0 amide bonds. The second-order valence-electron chi connectivity index (χ2n) is 3.31. The summed E-state index contributed by atoms with van der Waals surface area (Å²) in [6.45, 7) is 0. The number of H-pyrrole nitrogens is 1. The first-order valence-corrected chi connectivity index (χ1v) is 5.28. The number of rotatable bonds is 0. The summed E-state index contributed by atoms with van der Waals surface area (Å²) in [7, 11) is 1.34. The van der Waals surface area contributed by atoms with Crippen LogP contribution in [0.3, 0.4) is 0 Å². The van der Waals surface area contributed by atoms with Gasteiger partial charge in [0.25, 0.3) is 5.56 Å². The van der Waals surface area contributed by atoms with Crippen LogP contribution >= 0.6 is 11.3 Å². The summed E-state index contributed by atoms with van der Waals surface area (Å²) >= 11 is 0.800. The molecular weight excluding hydrogens is 224 g/mol. The van der Waals surface area contributed by atoms with Crippen molar-refractivity contribution in [3.05, 3.63) is 44.2 Å². The molecule has 0 fully saturated rings. The van der Waals surface area contributed by atoms with E-state index in [0.29, 0.717) is 0 Å². The maximum atomic E-state index is 12.2. The maximum absolute atomic E-state index is 12.2. The average molecular weight is 236 g/mol. The zero-order chi connectivity index (χ0) is 14.8. The molecule has 0 saturated carbocycles. The van der Waals surface area contributed by atoms with Crippen molar-refractivity contribution in [1.82, 2.24) is 9.55 Å². The predicted octanol–water partition coefficient (Wildman–Crippen LogP) is 1.44. The number of benzene rings is 1. The van der Waals surface area contributed by atoms with Crippen molar-refractivity contribution in [1.29, 1.82) is 0 Å². The smallest absolute Gasteiger partial charge is 0.311 e. The van der Waals surface area contributed by atoms with E-state index in [4.69, 9.17) is 5.48 Å². The Balaban J connectivity index is 2.77. The van der Waals surface area contributed by atoms with Crippen LogP contribution in [0.1, 0.15) is 5.48 Å². The number of fused-ring (bicyclic) bond motifs is 3. The number of aromatic nitrogens is 2. The second kappa shape index (κ2) is 3.05. The zero-order valence-electron chi connectivity index (χ0n) is 12.2. The van der Waals surface area contributed by atoms with Crippen LogP contribution in [-0.4, -0.2) is 9.55 Å². The van der Waals surface area contributed by atoms with E-state index in [0.717, 1.165) is 15.9 Å². The van der Waals surface area contributed by atoms with Gasteiger partial charge in [0, 0.05) is 18.0 Å². The van der Waals surface area contributed by atoms with E-state index in [1.54, 1.807) is 0 Å². The molecule has 0 radical (unpaired) electrons. The highest BCUT2D eigenvalue weighted by atomic mass is 32.1. The third kappa shape index (κ3) is 1.09. The molecule has 0 unspecified atom stereocenters. The fraction of sp³-hybridized carbons (Fsp3) is 0.0909. The Morgan fingerprint density at radius 1 is 1.38 bits per heavy atom. The molecular formula is C11H8N2O2S. The Morgan fingerprint density at radius 3 is 2.94 bits per heavy atom. The van der Waals surface area contributed by atoms with Crippen LogP contribution in [0.5, 0.6) is 0 Å². The molecule has 80 valence electrons. The van der Waals surface area contributed by atoms with E-state index in [2.05, 4.69) is 4.98 Å². The van der Waals surface area contributed by atoms with Crippen LogP contribution in [-0.2, 0) is 7.05 Å². The zero-order valence-corrected chi connectivity index (χ0v) is 8.99. The summed E-state index contributed by atoms with van der Waals surface area (Å²) < 4.78 is 32.0. The molecule has 4 nitrogen and oxygen atoms in total. The highest BCUT2D eigenvalue weighted by molar-refractivity contribution is 7.15. The molecule has 0 spiro atoms. The fourth-order valence-electron chi connectivity index (χ4n) is 1.57. The first-order valence-electron chi connectivity index (χ1n) is 6.46. The number of hydrogen-bond acceptors (Lipinski definition) is 3. The quantitative estimate of drug-likeness (QED) is 0.642. The summed E-state index contributed by atoms with van der Waals surface area (Å²) in [5.41, 5.74) is -0.426. The van der Waals surface area contributed by atoms with Gasteiger partial charge in [0.05, 0.1) is 10.9 Å². The molecule has 0 aliphatic carbocycles. The summed E-state index contributed by atoms with van der Waals surface area (Å²) in [6, 6.07) is -1.31. The summed E-state index contributed by atoms with van der Waals surface area (Å²) in [5, 5.41) is 0.252. The molecule has 0 aliphatic rings. The van der Waals surface area contributed by atoms with Crippen molar-refractivity contribution in [2.75, 3.05) is 0 Å². The van der Waals surface area contributed by atoms with Crippen LogP contribution in [0, 0.1) is 0 Å². The van der Waals surface area contributed by atoms with Gasteiger partial charge in [-0.1, -0.05) is 29.5 Å². The van der Waals surface area contributed by atoms with Gasteiger partial charge in [-0.15, -0.1) is 0 Å². The van der Waals surface area contributed by atoms with E-state index in [1.807, 2.05) is 0 Å². The van der Waals surface area contributed by atoms with Crippen LogP contribution in [0.4, 0.5) is 0 Å². The van der Waals surface area contributed by atoms with Crippen molar-refractivity contribution in [2.45, 2.75) is 0 Å². The Kier molecular flexibility index (Phi) is 1.15. The van der Waals surface area contributed by atoms with Gasteiger partial charge in [-0.25, -0.2) is 0 Å². The molecule has 0 bridgehead atoms. The molecule has 1 N–H and O–H groups in total. The lowest BCUT2D eigenvalue weighted by molar-refractivity contribution is 0.854. The van der Waals surface area contributed by atoms with Gasteiger partial charge in [-0.3, -0.25) is 14.2 Å². The van der Waals surface area contributed by atoms with Crippen LogP contribution in [0.15, 0.2) is 33.8 Å². The first-order chi connectivity index (χ1) is 9.34. The topological polar surface area (TPSA) is 54.9 Å². The Bertz CT molecular complexity index is 1000.